The Hall–Kier alpha value is -2.05. The molecule has 0 atom stereocenters. The number of carbonyl (C=O) groups is 2. The lowest BCUT2D eigenvalue weighted by molar-refractivity contribution is 0.0698. The molecule has 1 aromatic heterocycles. The summed E-state index contributed by atoms with van der Waals surface area (Å²) >= 11 is 7.32. The lowest BCUT2D eigenvalue weighted by Crippen LogP contribution is -2.28. The summed E-state index contributed by atoms with van der Waals surface area (Å²) in [6.45, 7) is 0.381. The van der Waals surface area contributed by atoms with E-state index >= 15 is 0 Å². The summed E-state index contributed by atoms with van der Waals surface area (Å²) in [7, 11) is 0. The number of amides is 2. The number of carboxylic acids is 1. The molecule has 0 saturated carbocycles. The van der Waals surface area contributed by atoms with Crippen molar-refractivity contribution in [3.63, 3.8) is 0 Å². The average molecular weight is 311 g/mol. The van der Waals surface area contributed by atoms with Crippen LogP contribution in [0.25, 0.3) is 0 Å². The second-order valence-electron chi connectivity index (χ2n) is 3.88. The first-order valence-electron chi connectivity index (χ1n) is 5.66. The summed E-state index contributed by atoms with van der Waals surface area (Å²) in [6, 6.07) is 7.50. The number of benzene rings is 1. The maximum atomic E-state index is 11.7. The van der Waals surface area contributed by atoms with Crippen molar-refractivity contribution in [2.24, 2.45) is 0 Å². The number of carboxylic acid groups (broad SMARTS) is 1. The fraction of sp³-hybridized carbons (Fsp3) is 0.0769. The second kappa shape index (κ2) is 6.40. The number of hydrogen-bond acceptors (Lipinski definition) is 3. The quantitative estimate of drug-likeness (QED) is 0.809. The molecule has 0 aliphatic rings. The maximum absolute atomic E-state index is 11.7. The lowest BCUT2D eigenvalue weighted by atomic mass is 10.2. The molecule has 0 saturated heterocycles. The molecule has 0 bridgehead atoms. The van der Waals surface area contributed by atoms with E-state index in [1.807, 2.05) is 17.5 Å². The fourth-order valence-electron chi connectivity index (χ4n) is 1.55. The molecular formula is C13H11ClN2O3S. The lowest BCUT2D eigenvalue weighted by Gasteiger charge is -2.09. The van der Waals surface area contributed by atoms with E-state index in [0.717, 1.165) is 4.88 Å². The van der Waals surface area contributed by atoms with Crippen LogP contribution in [0.3, 0.4) is 0 Å². The third-order valence-electron chi connectivity index (χ3n) is 2.46. The highest BCUT2D eigenvalue weighted by molar-refractivity contribution is 7.09. The highest BCUT2D eigenvalue weighted by atomic mass is 35.5. The molecule has 1 aromatic carbocycles. The summed E-state index contributed by atoms with van der Waals surface area (Å²) in [5, 5.41) is 16.4. The fourth-order valence-corrected chi connectivity index (χ4v) is 2.37. The van der Waals surface area contributed by atoms with E-state index in [-0.39, 0.29) is 11.3 Å². The third kappa shape index (κ3) is 3.72. The van der Waals surface area contributed by atoms with Crippen molar-refractivity contribution in [1.29, 1.82) is 0 Å². The van der Waals surface area contributed by atoms with Gasteiger partial charge in [0.15, 0.2) is 0 Å². The molecule has 0 fully saturated rings. The molecule has 2 aromatic rings. The van der Waals surface area contributed by atoms with Crippen LogP contribution in [0.15, 0.2) is 35.7 Å². The van der Waals surface area contributed by atoms with Gasteiger partial charge in [0.25, 0.3) is 0 Å². The summed E-state index contributed by atoms with van der Waals surface area (Å²) < 4.78 is 0. The van der Waals surface area contributed by atoms with Gasteiger partial charge in [-0.3, -0.25) is 0 Å². The third-order valence-corrected chi connectivity index (χ3v) is 3.57. The van der Waals surface area contributed by atoms with E-state index in [1.54, 1.807) is 0 Å². The highest BCUT2D eigenvalue weighted by Crippen LogP contribution is 2.21. The molecule has 104 valence electrons. The predicted molar refractivity (Wildman–Crippen MR) is 78.6 cm³/mol. The van der Waals surface area contributed by atoms with Crippen LogP contribution in [0.1, 0.15) is 15.2 Å². The molecule has 3 N–H and O–H groups in total. The number of carbonyl (C=O) groups excluding carboxylic acids is 1. The van der Waals surface area contributed by atoms with Gasteiger partial charge in [-0.2, -0.15) is 0 Å². The Balaban J connectivity index is 2.03. The number of rotatable bonds is 4. The Morgan fingerprint density at radius 2 is 2.10 bits per heavy atom. The molecule has 5 nitrogen and oxygen atoms in total. The number of hydrogen-bond donors (Lipinski definition) is 3. The van der Waals surface area contributed by atoms with Crippen LogP contribution >= 0.6 is 22.9 Å². The Kier molecular flexibility index (Phi) is 4.60. The molecule has 0 spiro atoms. The van der Waals surface area contributed by atoms with E-state index in [1.165, 1.54) is 29.5 Å². The Labute approximate surface area is 124 Å². The zero-order valence-corrected chi connectivity index (χ0v) is 11.8. The van der Waals surface area contributed by atoms with E-state index in [2.05, 4.69) is 10.6 Å². The van der Waals surface area contributed by atoms with Crippen LogP contribution in [0.4, 0.5) is 10.5 Å². The van der Waals surface area contributed by atoms with Gasteiger partial charge in [-0.1, -0.05) is 17.7 Å². The molecule has 20 heavy (non-hydrogen) atoms. The van der Waals surface area contributed by atoms with Crippen molar-refractivity contribution < 1.29 is 14.7 Å². The van der Waals surface area contributed by atoms with Gasteiger partial charge in [-0.15, -0.1) is 11.3 Å². The first-order chi connectivity index (χ1) is 9.56. The average Bonchev–Trinajstić information content (AvgIpc) is 2.89. The summed E-state index contributed by atoms with van der Waals surface area (Å²) in [6.07, 6.45) is 0. The van der Waals surface area contributed by atoms with Crippen LogP contribution in [0.2, 0.25) is 5.02 Å². The minimum atomic E-state index is -1.13. The number of anilines is 1. The predicted octanol–water partition coefficient (Wildman–Crippen LogP) is 3.42. The monoisotopic (exact) mass is 310 g/mol. The van der Waals surface area contributed by atoms with Gasteiger partial charge in [0.1, 0.15) is 0 Å². The van der Waals surface area contributed by atoms with Crippen LogP contribution in [0.5, 0.6) is 0 Å². The van der Waals surface area contributed by atoms with Gasteiger partial charge < -0.3 is 15.7 Å². The zero-order chi connectivity index (χ0) is 14.5. The standard InChI is InChI=1S/C13H11ClN2O3S/c14-8-3-4-10(12(17)18)11(6-8)16-13(19)15-7-9-2-1-5-20-9/h1-6H,7H2,(H,17,18)(H2,15,16,19). The largest absolute Gasteiger partial charge is 0.478 e. The van der Waals surface area contributed by atoms with E-state index in [0.29, 0.717) is 11.6 Å². The topological polar surface area (TPSA) is 78.4 Å². The number of urea groups is 1. The van der Waals surface area contributed by atoms with E-state index in [4.69, 9.17) is 16.7 Å². The first-order valence-corrected chi connectivity index (χ1v) is 6.92. The normalized spacial score (nSPS) is 10.1. The number of nitrogens with one attached hydrogen (secondary N) is 2. The van der Waals surface area contributed by atoms with E-state index < -0.39 is 12.0 Å². The van der Waals surface area contributed by atoms with Crippen LogP contribution < -0.4 is 10.6 Å². The molecule has 2 rings (SSSR count). The Bertz CT molecular complexity index is 629. The van der Waals surface area contributed by atoms with Gasteiger partial charge in [0.05, 0.1) is 17.8 Å². The van der Waals surface area contributed by atoms with Crippen molar-refractivity contribution in [3.8, 4) is 0 Å². The second-order valence-corrected chi connectivity index (χ2v) is 5.35. The maximum Gasteiger partial charge on any atom is 0.337 e. The van der Waals surface area contributed by atoms with Crippen molar-refractivity contribution in [1.82, 2.24) is 5.32 Å². The van der Waals surface area contributed by atoms with Gasteiger partial charge in [-0.05, 0) is 29.6 Å². The molecule has 7 heteroatoms. The minimum Gasteiger partial charge on any atom is -0.478 e. The van der Waals surface area contributed by atoms with Crippen LogP contribution in [-0.4, -0.2) is 17.1 Å². The number of aromatic carboxylic acids is 1. The minimum absolute atomic E-state index is 0.0133. The van der Waals surface area contributed by atoms with Crippen molar-refractivity contribution in [2.45, 2.75) is 6.54 Å². The molecule has 0 aliphatic heterocycles. The van der Waals surface area contributed by atoms with Gasteiger partial charge in [-0.25, -0.2) is 9.59 Å². The van der Waals surface area contributed by atoms with Gasteiger partial charge in [0.2, 0.25) is 0 Å². The number of thiophene rings is 1. The molecule has 0 unspecified atom stereocenters. The molecule has 2 amide bonds. The van der Waals surface area contributed by atoms with Crippen molar-refractivity contribution in [2.75, 3.05) is 5.32 Å². The molecule has 1 heterocycles. The SMILES string of the molecule is O=C(NCc1cccs1)Nc1cc(Cl)ccc1C(=O)O. The number of halogens is 1. The Morgan fingerprint density at radius 1 is 1.30 bits per heavy atom. The summed E-state index contributed by atoms with van der Waals surface area (Å²) in [4.78, 5) is 23.8. The molecule has 0 radical (unpaired) electrons. The highest BCUT2D eigenvalue weighted by Gasteiger charge is 2.12. The summed E-state index contributed by atoms with van der Waals surface area (Å²) in [5.74, 6) is -1.13. The van der Waals surface area contributed by atoms with Gasteiger partial charge in [0, 0.05) is 9.90 Å². The first kappa shape index (κ1) is 14.4. The van der Waals surface area contributed by atoms with Crippen LogP contribution in [-0.2, 0) is 6.54 Å². The molecule has 0 aliphatic carbocycles. The summed E-state index contributed by atoms with van der Waals surface area (Å²) in [5.41, 5.74) is 0.148. The molecular weight excluding hydrogens is 300 g/mol. The van der Waals surface area contributed by atoms with Crippen molar-refractivity contribution >= 4 is 40.6 Å². The smallest absolute Gasteiger partial charge is 0.337 e. The zero-order valence-electron chi connectivity index (χ0n) is 10.2. The van der Waals surface area contributed by atoms with E-state index in [9.17, 15) is 9.59 Å². The Morgan fingerprint density at radius 3 is 2.75 bits per heavy atom. The van der Waals surface area contributed by atoms with Gasteiger partial charge >= 0.3 is 12.0 Å². The van der Waals surface area contributed by atoms with Crippen molar-refractivity contribution in [3.05, 3.63) is 51.2 Å². The van der Waals surface area contributed by atoms with Crippen LogP contribution in [0, 0.1) is 0 Å².